The van der Waals surface area contributed by atoms with Gasteiger partial charge in [-0.1, -0.05) is 24.3 Å². The summed E-state index contributed by atoms with van der Waals surface area (Å²) < 4.78 is 5.37. The van der Waals surface area contributed by atoms with Gasteiger partial charge in [-0.15, -0.1) is 0 Å². The summed E-state index contributed by atoms with van der Waals surface area (Å²) in [5.74, 6) is 0.917. The molecule has 0 aliphatic heterocycles. The van der Waals surface area contributed by atoms with Gasteiger partial charge in [-0.3, -0.25) is 0 Å². The smallest absolute Gasteiger partial charge is 0.124 e. The van der Waals surface area contributed by atoms with Crippen molar-refractivity contribution in [1.29, 1.82) is 0 Å². The lowest BCUT2D eigenvalue weighted by atomic mass is 10.0. The molecule has 1 aliphatic rings. The molecule has 0 radical (unpaired) electrons. The Bertz CT molecular complexity index is 533. The average Bonchev–Trinajstić information content (AvgIpc) is 2.59. The summed E-state index contributed by atoms with van der Waals surface area (Å²) in [6, 6.07) is 10.6. The van der Waals surface area contributed by atoms with E-state index in [1.54, 1.807) is 7.11 Å². The molecular formula is C13H13NO. The van der Waals surface area contributed by atoms with E-state index in [0.29, 0.717) is 0 Å². The fourth-order valence-electron chi connectivity index (χ4n) is 2.52. The second kappa shape index (κ2) is 2.97. The van der Waals surface area contributed by atoms with Crippen LogP contribution in [0.25, 0.3) is 10.8 Å². The van der Waals surface area contributed by atoms with Crippen LogP contribution in [0.1, 0.15) is 17.2 Å². The summed E-state index contributed by atoms with van der Waals surface area (Å²) in [5.41, 5.74) is 8.65. The van der Waals surface area contributed by atoms with E-state index in [1.807, 2.05) is 6.07 Å². The largest absolute Gasteiger partial charge is 0.496 e. The summed E-state index contributed by atoms with van der Waals surface area (Å²) in [5, 5.41) is 2.56. The van der Waals surface area contributed by atoms with Gasteiger partial charge in [0.15, 0.2) is 0 Å². The number of hydrogen-bond acceptors (Lipinski definition) is 2. The highest BCUT2D eigenvalue weighted by molar-refractivity contribution is 5.93. The Balaban J connectivity index is 2.45. The Hall–Kier alpha value is -1.54. The average molecular weight is 199 g/mol. The van der Waals surface area contributed by atoms with Gasteiger partial charge < -0.3 is 10.5 Å². The van der Waals surface area contributed by atoms with Crippen LogP contribution in [0, 0.1) is 0 Å². The highest BCUT2D eigenvalue weighted by Gasteiger charge is 2.24. The summed E-state index contributed by atoms with van der Waals surface area (Å²) in [7, 11) is 1.70. The van der Waals surface area contributed by atoms with Gasteiger partial charge in [-0.05, 0) is 28.8 Å². The molecule has 1 atom stereocenters. The van der Waals surface area contributed by atoms with Crippen molar-refractivity contribution in [3.8, 4) is 5.75 Å². The van der Waals surface area contributed by atoms with Crippen molar-refractivity contribution in [1.82, 2.24) is 0 Å². The minimum Gasteiger partial charge on any atom is -0.496 e. The number of hydrogen-bond donors (Lipinski definition) is 1. The first kappa shape index (κ1) is 8.74. The fourth-order valence-corrected chi connectivity index (χ4v) is 2.52. The molecule has 0 saturated heterocycles. The molecule has 0 amide bonds. The van der Waals surface area contributed by atoms with Gasteiger partial charge in [-0.25, -0.2) is 0 Å². The van der Waals surface area contributed by atoms with E-state index < -0.39 is 0 Å². The van der Waals surface area contributed by atoms with Crippen molar-refractivity contribution in [2.45, 2.75) is 12.5 Å². The molecule has 0 heterocycles. The van der Waals surface area contributed by atoms with Crippen molar-refractivity contribution >= 4 is 10.8 Å². The van der Waals surface area contributed by atoms with E-state index in [0.717, 1.165) is 12.2 Å². The molecule has 0 saturated carbocycles. The van der Waals surface area contributed by atoms with Gasteiger partial charge in [0, 0.05) is 11.6 Å². The Morgan fingerprint density at radius 3 is 2.93 bits per heavy atom. The molecule has 3 rings (SSSR count). The maximum atomic E-state index is 6.14. The minimum absolute atomic E-state index is 0.0843. The maximum Gasteiger partial charge on any atom is 0.124 e. The highest BCUT2D eigenvalue weighted by Crippen LogP contribution is 2.40. The van der Waals surface area contributed by atoms with Crippen LogP contribution >= 0.6 is 0 Å². The van der Waals surface area contributed by atoms with Crippen molar-refractivity contribution in [3.05, 3.63) is 41.5 Å². The zero-order valence-electron chi connectivity index (χ0n) is 8.66. The van der Waals surface area contributed by atoms with Gasteiger partial charge in [0.05, 0.1) is 7.11 Å². The van der Waals surface area contributed by atoms with Gasteiger partial charge >= 0.3 is 0 Å². The third kappa shape index (κ3) is 1.08. The van der Waals surface area contributed by atoms with Crippen LogP contribution in [0.2, 0.25) is 0 Å². The van der Waals surface area contributed by atoms with Crippen LogP contribution in [0.4, 0.5) is 0 Å². The Morgan fingerprint density at radius 2 is 2.13 bits per heavy atom. The molecule has 2 heteroatoms. The zero-order chi connectivity index (χ0) is 10.4. The third-order valence-electron chi connectivity index (χ3n) is 3.16. The van der Waals surface area contributed by atoms with E-state index in [2.05, 4.69) is 24.3 Å². The molecule has 0 fully saturated rings. The lowest BCUT2D eigenvalue weighted by molar-refractivity contribution is 0.408. The van der Waals surface area contributed by atoms with Gasteiger partial charge in [0.1, 0.15) is 5.75 Å². The lowest BCUT2D eigenvalue weighted by Crippen LogP contribution is -2.09. The number of rotatable bonds is 1. The molecule has 2 aromatic carbocycles. The van der Waals surface area contributed by atoms with Crippen LogP contribution in [0.3, 0.4) is 0 Å². The predicted octanol–water partition coefficient (Wildman–Crippen LogP) is 2.40. The quantitative estimate of drug-likeness (QED) is 0.765. The molecule has 76 valence electrons. The molecule has 0 bridgehead atoms. The number of nitrogens with two attached hydrogens (primary N) is 1. The first-order valence-electron chi connectivity index (χ1n) is 5.15. The van der Waals surface area contributed by atoms with Crippen LogP contribution in [-0.4, -0.2) is 7.11 Å². The van der Waals surface area contributed by atoms with Crippen molar-refractivity contribution < 1.29 is 4.74 Å². The molecule has 1 aliphatic carbocycles. The molecule has 1 unspecified atom stereocenters. The number of benzene rings is 2. The highest BCUT2D eigenvalue weighted by atomic mass is 16.5. The lowest BCUT2D eigenvalue weighted by Gasteiger charge is -2.10. The predicted molar refractivity (Wildman–Crippen MR) is 61.1 cm³/mol. The SMILES string of the molecule is COc1ccc2cccc3c2c1C(N)C3. The van der Waals surface area contributed by atoms with Crippen LogP contribution in [0.5, 0.6) is 5.75 Å². The summed E-state index contributed by atoms with van der Waals surface area (Å²) in [6.07, 6.45) is 0.924. The standard InChI is InChI=1S/C13H13NO/c1-15-11-6-5-8-3-2-4-9-7-10(14)13(11)12(8)9/h2-6,10H,7,14H2,1H3. The van der Waals surface area contributed by atoms with E-state index in [4.69, 9.17) is 10.5 Å². The molecule has 2 aromatic rings. The molecule has 2 nitrogen and oxygen atoms in total. The van der Waals surface area contributed by atoms with Crippen LogP contribution in [0.15, 0.2) is 30.3 Å². The van der Waals surface area contributed by atoms with Crippen LogP contribution in [-0.2, 0) is 6.42 Å². The summed E-state index contributed by atoms with van der Waals surface area (Å²) in [4.78, 5) is 0. The van der Waals surface area contributed by atoms with Crippen molar-refractivity contribution in [3.63, 3.8) is 0 Å². The van der Waals surface area contributed by atoms with Gasteiger partial charge in [0.25, 0.3) is 0 Å². The second-order valence-electron chi connectivity index (χ2n) is 4.01. The summed E-state index contributed by atoms with van der Waals surface area (Å²) >= 11 is 0. The maximum absolute atomic E-state index is 6.14. The first-order chi connectivity index (χ1) is 7.31. The monoisotopic (exact) mass is 199 g/mol. The molecule has 0 spiro atoms. The topological polar surface area (TPSA) is 35.2 Å². The Kier molecular flexibility index (Phi) is 1.73. The zero-order valence-corrected chi connectivity index (χ0v) is 8.66. The van der Waals surface area contributed by atoms with Crippen molar-refractivity contribution in [2.75, 3.05) is 7.11 Å². The van der Waals surface area contributed by atoms with E-state index >= 15 is 0 Å². The normalized spacial score (nSPS) is 18.4. The van der Waals surface area contributed by atoms with Crippen molar-refractivity contribution in [2.24, 2.45) is 5.73 Å². The fraction of sp³-hybridized carbons (Fsp3) is 0.231. The molecular weight excluding hydrogens is 186 g/mol. The Morgan fingerprint density at radius 1 is 1.27 bits per heavy atom. The Labute approximate surface area is 88.7 Å². The minimum atomic E-state index is 0.0843. The summed E-state index contributed by atoms with van der Waals surface area (Å²) in [6.45, 7) is 0. The number of ether oxygens (including phenoxy) is 1. The number of methoxy groups -OCH3 is 1. The molecule has 0 aromatic heterocycles. The second-order valence-corrected chi connectivity index (χ2v) is 4.01. The van der Waals surface area contributed by atoms with E-state index in [9.17, 15) is 0 Å². The van der Waals surface area contributed by atoms with E-state index in [-0.39, 0.29) is 6.04 Å². The molecule has 2 N–H and O–H groups in total. The van der Waals surface area contributed by atoms with E-state index in [1.165, 1.54) is 21.9 Å². The van der Waals surface area contributed by atoms with Gasteiger partial charge in [-0.2, -0.15) is 0 Å². The van der Waals surface area contributed by atoms with Gasteiger partial charge in [0.2, 0.25) is 0 Å². The van der Waals surface area contributed by atoms with Crippen LogP contribution < -0.4 is 10.5 Å². The third-order valence-corrected chi connectivity index (χ3v) is 3.16. The molecule has 15 heavy (non-hydrogen) atoms. The first-order valence-corrected chi connectivity index (χ1v) is 5.15.